The molecule has 18 heavy (non-hydrogen) atoms. The van der Waals surface area contributed by atoms with E-state index < -0.39 is 24.4 Å². The zero-order valence-corrected chi connectivity index (χ0v) is 10.8. The van der Waals surface area contributed by atoms with Gasteiger partial charge in [0, 0.05) is 7.05 Å². The van der Waals surface area contributed by atoms with Gasteiger partial charge in [-0.1, -0.05) is 6.08 Å². The van der Waals surface area contributed by atoms with Crippen molar-refractivity contribution in [3.8, 4) is 0 Å². The van der Waals surface area contributed by atoms with Crippen molar-refractivity contribution in [3.63, 3.8) is 0 Å². The summed E-state index contributed by atoms with van der Waals surface area (Å²) >= 11 is 0. The Morgan fingerprint density at radius 2 is 2.06 bits per heavy atom. The Balaban J connectivity index is 4.13. The van der Waals surface area contributed by atoms with Gasteiger partial charge in [-0.05, 0) is 33.0 Å². The molecule has 0 aromatic carbocycles. The SMILES string of the molecule is CNC(=O)O[C@@H](CC/C=C/C(O)N(C)C)C(=O)O. The van der Waals surface area contributed by atoms with Gasteiger partial charge in [0.15, 0.2) is 0 Å². The summed E-state index contributed by atoms with van der Waals surface area (Å²) in [7, 11) is 4.78. The molecule has 0 fully saturated rings. The van der Waals surface area contributed by atoms with Gasteiger partial charge in [0.1, 0.15) is 6.23 Å². The maximum Gasteiger partial charge on any atom is 0.407 e. The number of aliphatic carboxylic acids is 1. The number of allylic oxidation sites excluding steroid dienone is 1. The number of likely N-dealkylation sites (N-methyl/N-ethyl adjacent to an activating group) is 1. The van der Waals surface area contributed by atoms with E-state index >= 15 is 0 Å². The molecule has 0 aliphatic heterocycles. The summed E-state index contributed by atoms with van der Waals surface area (Å²) in [5, 5.41) is 20.4. The maximum atomic E-state index is 10.9. The second kappa shape index (κ2) is 8.48. The molecule has 0 spiro atoms. The molecule has 1 unspecified atom stereocenters. The van der Waals surface area contributed by atoms with Crippen molar-refractivity contribution in [3.05, 3.63) is 12.2 Å². The number of carboxylic acid groups (broad SMARTS) is 1. The average Bonchev–Trinajstić information content (AvgIpc) is 2.31. The van der Waals surface area contributed by atoms with Crippen LogP contribution in [0, 0.1) is 0 Å². The molecular formula is C11H20N2O5. The Bertz CT molecular complexity index is 304. The van der Waals surface area contributed by atoms with E-state index in [9.17, 15) is 14.7 Å². The fraction of sp³-hybridized carbons (Fsp3) is 0.636. The molecule has 0 heterocycles. The molecule has 1 amide bonds. The van der Waals surface area contributed by atoms with Crippen molar-refractivity contribution in [1.29, 1.82) is 0 Å². The van der Waals surface area contributed by atoms with E-state index in [0.29, 0.717) is 6.42 Å². The Morgan fingerprint density at radius 1 is 1.44 bits per heavy atom. The van der Waals surface area contributed by atoms with Crippen LogP contribution in [-0.2, 0) is 9.53 Å². The van der Waals surface area contributed by atoms with Crippen LogP contribution in [-0.4, -0.2) is 60.7 Å². The number of hydrogen-bond donors (Lipinski definition) is 3. The summed E-state index contributed by atoms with van der Waals surface area (Å²) in [6, 6.07) is 0. The van der Waals surface area contributed by atoms with Crippen molar-refractivity contribution in [2.75, 3.05) is 21.1 Å². The third kappa shape index (κ3) is 6.87. The lowest BCUT2D eigenvalue weighted by Crippen LogP contribution is -2.31. The summed E-state index contributed by atoms with van der Waals surface area (Å²) in [6.45, 7) is 0. The van der Waals surface area contributed by atoms with Crippen molar-refractivity contribution in [2.24, 2.45) is 0 Å². The van der Waals surface area contributed by atoms with Gasteiger partial charge in [-0.15, -0.1) is 0 Å². The van der Waals surface area contributed by atoms with Crippen LogP contribution in [0.15, 0.2) is 12.2 Å². The molecular weight excluding hydrogens is 240 g/mol. The standard InChI is InChI=1S/C11H20N2O5/c1-12-11(17)18-8(10(15)16)6-4-5-7-9(14)13(2)3/h5,7-9,14H,4,6H2,1-3H3,(H,12,17)(H,15,16)/b7-5+/t8-,9?/m0/s1. The molecule has 0 saturated carbocycles. The number of aliphatic hydroxyl groups is 1. The highest BCUT2D eigenvalue weighted by molar-refractivity contribution is 5.77. The van der Waals surface area contributed by atoms with E-state index in [-0.39, 0.29) is 6.42 Å². The van der Waals surface area contributed by atoms with Crippen LogP contribution in [0.1, 0.15) is 12.8 Å². The van der Waals surface area contributed by atoms with Gasteiger partial charge < -0.3 is 20.3 Å². The molecule has 3 N–H and O–H groups in total. The van der Waals surface area contributed by atoms with Gasteiger partial charge in [0.25, 0.3) is 0 Å². The number of rotatable bonds is 7. The fourth-order valence-electron chi connectivity index (χ4n) is 1.06. The van der Waals surface area contributed by atoms with E-state index in [0.717, 1.165) is 0 Å². The Hall–Kier alpha value is -1.60. The number of carboxylic acids is 1. The first-order valence-electron chi connectivity index (χ1n) is 5.50. The molecule has 2 atom stereocenters. The lowest BCUT2D eigenvalue weighted by Gasteiger charge is -2.14. The largest absolute Gasteiger partial charge is 0.479 e. The molecule has 0 radical (unpaired) electrons. The van der Waals surface area contributed by atoms with E-state index in [2.05, 4.69) is 10.1 Å². The molecule has 0 aliphatic carbocycles. The van der Waals surface area contributed by atoms with Crippen molar-refractivity contribution in [2.45, 2.75) is 25.2 Å². The smallest absolute Gasteiger partial charge is 0.407 e. The number of amides is 1. The molecule has 104 valence electrons. The summed E-state index contributed by atoms with van der Waals surface area (Å²) in [5.74, 6) is -1.19. The van der Waals surface area contributed by atoms with Crippen LogP contribution < -0.4 is 5.32 Å². The predicted octanol–water partition coefficient (Wildman–Crippen LogP) is 0.0120. The molecule has 7 nitrogen and oxygen atoms in total. The normalized spacial score (nSPS) is 14.5. The topological polar surface area (TPSA) is 99.1 Å². The summed E-state index contributed by atoms with van der Waals surface area (Å²) in [4.78, 5) is 23.3. The molecule has 7 heteroatoms. The average molecular weight is 260 g/mol. The second-order valence-corrected chi connectivity index (χ2v) is 3.86. The number of nitrogens with one attached hydrogen (secondary N) is 1. The molecule has 0 bridgehead atoms. The quantitative estimate of drug-likeness (QED) is 0.440. The molecule has 0 aliphatic rings. The highest BCUT2D eigenvalue weighted by Crippen LogP contribution is 2.05. The molecule has 0 aromatic heterocycles. The predicted molar refractivity (Wildman–Crippen MR) is 65.0 cm³/mol. The van der Waals surface area contributed by atoms with E-state index in [1.54, 1.807) is 31.1 Å². The number of aliphatic hydroxyl groups excluding tert-OH is 1. The second-order valence-electron chi connectivity index (χ2n) is 3.86. The van der Waals surface area contributed by atoms with Crippen LogP contribution in [0.5, 0.6) is 0 Å². The van der Waals surface area contributed by atoms with Crippen LogP contribution in [0.2, 0.25) is 0 Å². The lowest BCUT2D eigenvalue weighted by atomic mass is 10.2. The first-order valence-corrected chi connectivity index (χ1v) is 5.50. The minimum atomic E-state index is -1.19. The molecule has 0 rings (SSSR count). The van der Waals surface area contributed by atoms with Gasteiger partial charge in [-0.3, -0.25) is 4.90 Å². The third-order valence-corrected chi connectivity index (χ3v) is 2.16. The van der Waals surface area contributed by atoms with Crippen LogP contribution in [0.25, 0.3) is 0 Å². The van der Waals surface area contributed by atoms with E-state index in [4.69, 9.17) is 5.11 Å². The third-order valence-electron chi connectivity index (χ3n) is 2.16. The van der Waals surface area contributed by atoms with Crippen molar-refractivity contribution < 1.29 is 24.5 Å². The maximum absolute atomic E-state index is 10.9. The Morgan fingerprint density at radius 3 is 2.50 bits per heavy atom. The zero-order chi connectivity index (χ0) is 14.1. The highest BCUT2D eigenvalue weighted by Gasteiger charge is 2.20. The van der Waals surface area contributed by atoms with Gasteiger partial charge in [0.05, 0.1) is 0 Å². The Kier molecular flexibility index (Phi) is 7.73. The number of alkyl carbamates (subject to hydrolysis) is 1. The minimum absolute atomic E-state index is 0.152. The molecule has 0 saturated heterocycles. The summed E-state index contributed by atoms with van der Waals surface area (Å²) < 4.78 is 4.66. The fourth-order valence-corrected chi connectivity index (χ4v) is 1.06. The van der Waals surface area contributed by atoms with E-state index in [1.807, 2.05) is 0 Å². The number of carbonyl (C=O) groups is 2. The minimum Gasteiger partial charge on any atom is -0.479 e. The van der Waals surface area contributed by atoms with Gasteiger partial charge in [0.2, 0.25) is 6.10 Å². The number of hydrogen-bond acceptors (Lipinski definition) is 5. The number of ether oxygens (including phenoxy) is 1. The van der Waals surface area contributed by atoms with Gasteiger partial charge in [-0.2, -0.15) is 0 Å². The van der Waals surface area contributed by atoms with Crippen molar-refractivity contribution >= 4 is 12.1 Å². The van der Waals surface area contributed by atoms with Crippen LogP contribution >= 0.6 is 0 Å². The Labute approximate surface area is 106 Å². The van der Waals surface area contributed by atoms with Gasteiger partial charge >= 0.3 is 12.1 Å². The summed E-state index contributed by atoms with van der Waals surface area (Å²) in [6.07, 6.45) is 1.05. The van der Waals surface area contributed by atoms with Crippen LogP contribution in [0.3, 0.4) is 0 Å². The molecule has 0 aromatic rings. The first-order chi connectivity index (χ1) is 8.38. The highest BCUT2D eigenvalue weighted by atomic mass is 16.6. The van der Waals surface area contributed by atoms with Crippen molar-refractivity contribution in [1.82, 2.24) is 10.2 Å². The summed E-state index contributed by atoms with van der Waals surface area (Å²) in [5.41, 5.74) is 0. The number of nitrogens with zero attached hydrogens (tertiary/aromatic N) is 1. The zero-order valence-electron chi connectivity index (χ0n) is 10.8. The van der Waals surface area contributed by atoms with Crippen LogP contribution in [0.4, 0.5) is 4.79 Å². The first kappa shape index (κ1) is 16.4. The number of carbonyl (C=O) groups excluding carboxylic acids is 1. The van der Waals surface area contributed by atoms with Gasteiger partial charge in [-0.25, -0.2) is 9.59 Å². The lowest BCUT2D eigenvalue weighted by molar-refractivity contribution is -0.147. The van der Waals surface area contributed by atoms with E-state index in [1.165, 1.54) is 7.05 Å². The monoisotopic (exact) mass is 260 g/mol.